The van der Waals surface area contributed by atoms with Crippen LogP contribution in [0.4, 0.5) is 0 Å². The Morgan fingerprint density at radius 2 is 2.43 bits per heavy atom. The molecule has 0 amide bonds. The van der Waals surface area contributed by atoms with E-state index in [-0.39, 0.29) is 0 Å². The van der Waals surface area contributed by atoms with Crippen molar-refractivity contribution < 1.29 is 13.4 Å². The average Bonchev–Trinajstić information content (AvgIpc) is 1.68. The van der Waals surface area contributed by atoms with Gasteiger partial charge >= 0.3 is 9.17 Å². The smallest absolute Gasteiger partial charge is 0.495 e. The molecular formula is C2H7NO3Si. The van der Waals surface area contributed by atoms with E-state index >= 15 is 0 Å². The summed E-state index contributed by atoms with van der Waals surface area (Å²) >= 11 is 0. The summed E-state index contributed by atoms with van der Waals surface area (Å²) in [6.07, 6.45) is 0. The van der Waals surface area contributed by atoms with Crippen LogP contribution in [0, 0.1) is 0 Å². The molecular weight excluding hydrogens is 114 g/mol. The lowest BCUT2D eigenvalue weighted by Gasteiger charge is -1.92. The molecule has 0 aromatic carbocycles. The molecule has 0 saturated carbocycles. The third-order valence-corrected chi connectivity index (χ3v) is 1.08. The van der Waals surface area contributed by atoms with Gasteiger partial charge in [0.1, 0.15) is 0 Å². The molecule has 7 heavy (non-hydrogen) atoms. The first-order chi connectivity index (χ1) is 3.31. The van der Waals surface area contributed by atoms with E-state index in [1.54, 1.807) is 6.92 Å². The Bertz CT molecular complexity index is 66.0. The molecule has 4 nitrogen and oxygen atoms in total. The highest BCUT2D eigenvalue weighted by Gasteiger charge is 2.04. The Hall–Kier alpha value is -0.423. The minimum absolute atomic E-state index is 0.370. The van der Waals surface area contributed by atoms with Gasteiger partial charge in [0.15, 0.2) is 0 Å². The van der Waals surface area contributed by atoms with E-state index in [2.05, 4.69) is 14.8 Å². The van der Waals surface area contributed by atoms with Gasteiger partial charge in [0.2, 0.25) is 0 Å². The van der Waals surface area contributed by atoms with Gasteiger partial charge in [-0.25, -0.2) is 0 Å². The summed E-state index contributed by atoms with van der Waals surface area (Å²) in [5.74, 6) is 4.47. The first-order valence-corrected chi connectivity index (χ1v) is 3.07. The van der Waals surface area contributed by atoms with E-state index in [4.69, 9.17) is 0 Å². The van der Waals surface area contributed by atoms with Gasteiger partial charge in [-0.3, -0.25) is 4.46 Å². The zero-order chi connectivity index (χ0) is 5.70. The highest BCUT2D eigenvalue weighted by atomic mass is 28.3. The maximum atomic E-state index is 10.0. The van der Waals surface area contributed by atoms with Crippen LogP contribution in [0.15, 0.2) is 0 Å². The largest absolute Gasteiger partial charge is 0.787 e. The topological polar surface area (TPSA) is 61.5 Å². The van der Waals surface area contributed by atoms with E-state index < -0.39 is 9.17 Å². The van der Waals surface area contributed by atoms with E-state index in [1.807, 2.05) is 0 Å². The molecule has 0 unspecified atom stereocenters. The fraction of sp³-hybridized carbons (Fsp3) is 1.00. The molecule has 0 heterocycles. The van der Waals surface area contributed by atoms with Crippen molar-refractivity contribution in [2.75, 3.05) is 6.61 Å². The van der Waals surface area contributed by atoms with Gasteiger partial charge < -0.3 is 8.95 Å². The van der Waals surface area contributed by atoms with Gasteiger partial charge in [0, 0.05) is 0 Å². The zero-order valence-electron chi connectivity index (χ0n) is 4.01. The van der Waals surface area contributed by atoms with Gasteiger partial charge in [0.05, 0.1) is 6.61 Å². The molecule has 0 atom stereocenters. The standard InChI is InChI=1S/C2H7NO3Si/c1-2-5-7(4)6-3/h2-3H2,1H3. The molecule has 5 heteroatoms. The summed E-state index contributed by atoms with van der Waals surface area (Å²) in [7, 11) is -2.35. The number of rotatable bonds is 3. The fourth-order valence-corrected chi connectivity index (χ4v) is 0.456. The third kappa shape index (κ3) is 3.41. The lowest BCUT2D eigenvalue weighted by Crippen LogP contribution is -2.15. The van der Waals surface area contributed by atoms with Crippen LogP contribution in [0.25, 0.3) is 0 Å². The van der Waals surface area contributed by atoms with E-state index in [9.17, 15) is 4.46 Å². The second-order valence-corrected chi connectivity index (χ2v) is 1.83. The van der Waals surface area contributed by atoms with Crippen molar-refractivity contribution in [2.45, 2.75) is 6.92 Å². The molecule has 0 aromatic rings. The normalized spacial score (nSPS) is 7.71. The van der Waals surface area contributed by atoms with Crippen LogP contribution in [0.2, 0.25) is 0 Å². The van der Waals surface area contributed by atoms with Crippen LogP contribution in [-0.4, -0.2) is 15.8 Å². The maximum Gasteiger partial charge on any atom is 0.787 e. The summed E-state index contributed by atoms with van der Waals surface area (Å²) in [4.78, 5) is 0. The minimum atomic E-state index is -2.35. The second kappa shape index (κ2) is 3.76. The van der Waals surface area contributed by atoms with Crippen molar-refractivity contribution in [2.24, 2.45) is 5.90 Å². The van der Waals surface area contributed by atoms with Crippen LogP contribution in [-0.2, 0) is 13.4 Å². The Balaban J connectivity index is 3.00. The molecule has 0 fully saturated rings. The summed E-state index contributed by atoms with van der Waals surface area (Å²) in [5.41, 5.74) is 0. The van der Waals surface area contributed by atoms with Gasteiger partial charge in [-0.2, -0.15) is 5.90 Å². The molecule has 0 aliphatic carbocycles. The van der Waals surface area contributed by atoms with Gasteiger partial charge in [0.25, 0.3) is 0 Å². The average molecular weight is 121 g/mol. The van der Waals surface area contributed by atoms with Crippen molar-refractivity contribution in [1.29, 1.82) is 0 Å². The van der Waals surface area contributed by atoms with E-state index in [1.165, 1.54) is 0 Å². The van der Waals surface area contributed by atoms with E-state index in [0.717, 1.165) is 0 Å². The summed E-state index contributed by atoms with van der Waals surface area (Å²) in [6.45, 7) is 2.08. The minimum Gasteiger partial charge on any atom is -0.495 e. The predicted octanol–water partition coefficient (Wildman–Crippen LogP) is -0.671. The van der Waals surface area contributed by atoms with Gasteiger partial charge in [-0.15, -0.1) is 0 Å². The van der Waals surface area contributed by atoms with Crippen molar-refractivity contribution in [1.82, 2.24) is 0 Å². The van der Waals surface area contributed by atoms with Gasteiger partial charge in [-0.05, 0) is 6.92 Å². The lowest BCUT2D eigenvalue weighted by atomic mass is 10.9. The third-order valence-electron chi connectivity index (χ3n) is 0.358. The number of hydrogen-bond donors (Lipinski definition) is 1. The zero-order valence-corrected chi connectivity index (χ0v) is 5.01. The maximum absolute atomic E-state index is 10.0. The monoisotopic (exact) mass is 121 g/mol. The van der Waals surface area contributed by atoms with Crippen molar-refractivity contribution in [3.8, 4) is 0 Å². The van der Waals surface area contributed by atoms with Crippen LogP contribution in [0.3, 0.4) is 0 Å². The number of hydrogen-bond acceptors (Lipinski definition) is 4. The van der Waals surface area contributed by atoms with Gasteiger partial charge in [-0.1, -0.05) is 0 Å². The summed E-state index contributed by atoms with van der Waals surface area (Å²) < 4.78 is 18.2. The Morgan fingerprint density at radius 1 is 1.86 bits per heavy atom. The fourth-order valence-electron chi connectivity index (χ4n) is 0.152. The predicted molar refractivity (Wildman–Crippen MR) is 23.3 cm³/mol. The highest BCUT2D eigenvalue weighted by molar-refractivity contribution is 6.25. The Kier molecular flexibility index (Phi) is 3.53. The molecule has 0 aliphatic heterocycles. The molecule has 42 valence electrons. The molecule has 0 radical (unpaired) electrons. The lowest BCUT2D eigenvalue weighted by molar-refractivity contribution is 0.178. The molecule has 0 saturated heterocycles. The van der Waals surface area contributed by atoms with Crippen molar-refractivity contribution >= 4 is 9.17 Å². The van der Waals surface area contributed by atoms with Crippen LogP contribution in [0.1, 0.15) is 6.92 Å². The quantitative estimate of drug-likeness (QED) is 0.397. The van der Waals surface area contributed by atoms with Crippen molar-refractivity contribution in [3.05, 3.63) is 0 Å². The number of nitrogens with two attached hydrogens (primary N) is 1. The molecule has 0 rings (SSSR count). The second-order valence-electron chi connectivity index (χ2n) is 0.801. The molecule has 0 spiro atoms. The van der Waals surface area contributed by atoms with Crippen LogP contribution < -0.4 is 5.90 Å². The Morgan fingerprint density at radius 3 is 2.57 bits per heavy atom. The SMILES string of the molecule is CCO[Si](=O)ON. The summed E-state index contributed by atoms with van der Waals surface area (Å²) in [6, 6.07) is 0. The Labute approximate surface area is 43.1 Å². The highest BCUT2D eigenvalue weighted by Crippen LogP contribution is 1.69. The van der Waals surface area contributed by atoms with Crippen molar-refractivity contribution in [3.63, 3.8) is 0 Å². The first kappa shape index (κ1) is 6.58. The summed E-state index contributed by atoms with van der Waals surface area (Å²) in [5, 5.41) is 0. The molecule has 0 aromatic heterocycles. The first-order valence-electron chi connectivity index (χ1n) is 1.84. The van der Waals surface area contributed by atoms with Crippen LogP contribution in [0.5, 0.6) is 0 Å². The molecule has 0 bridgehead atoms. The van der Waals surface area contributed by atoms with E-state index in [0.29, 0.717) is 6.61 Å². The molecule has 2 N–H and O–H groups in total. The molecule has 0 aliphatic rings. The van der Waals surface area contributed by atoms with Crippen LogP contribution >= 0.6 is 0 Å².